The first-order valence-corrected chi connectivity index (χ1v) is 11.3. The number of hydrogen-bond acceptors (Lipinski definition) is 3. The van der Waals surface area contributed by atoms with E-state index in [-0.39, 0.29) is 22.3 Å². The highest BCUT2D eigenvalue weighted by atomic mass is 32.2. The molecule has 1 heterocycles. The Bertz CT molecular complexity index is 756. The summed E-state index contributed by atoms with van der Waals surface area (Å²) in [5, 5.41) is 0. The number of fused-ring (bicyclic) bond motifs is 1. The van der Waals surface area contributed by atoms with Crippen molar-refractivity contribution in [3.8, 4) is 0 Å². The van der Waals surface area contributed by atoms with Gasteiger partial charge in [-0.1, -0.05) is 24.3 Å². The molecule has 1 aliphatic heterocycles. The van der Waals surface area contributed by atoms with E-state index in [1.54, 1.807) is 0 Å². The summed E-state index contributed by atoms with van der Waals surface area (Å²) in [5.41, 5.74) is 2.09. The molecule has 1 fully saturated rings. The van der Waals surface area contributed by atoms with Gasteiger partial charge in [0.15, 0.2) is 0 Å². The number of likely N-dealkylation sites (tertiary alicyclic amines) is 1. The fourth-order valence-corrected chi connectivity index (χ4v) is 5.13. The number of piperidine rings is 1. The molecule has 28 heavy (non-hydrogen) atoms. The lowest BCUT2D eigenvalue weighted by Crippen LogP contribution is -2.49. The molecule has 1 N–H and O–H groups in total. The zero-order valence-electron chi connectivity index (χ0n) is 18.0. The molecule has 0 unspecified atom stereocenters. The Hall–Kier alpha value is -1.40. The van der Waals surface area contributed by atoms with E-state index in [0.717, 1.165) is 19.3 Å². The van der Waals surface area contributed by atoms with Gasteiger partial charge in [-0.25, -0.2) is 13.7 Å². The second-order valence-electron chi connectivity index (χ2n) is 10.1. The van der Waals surface area contributed by atoms with Gasteiger partial charge in [0.25, 0.3) is 0 Å². The van der Waals surface area contributed by atoms with E-state index in [2.05, 4.69) is 29.0 Å². The predicted molar refractivity (Wildman–Crippen MR) is 113 cm³/mol. The van der Waals surface area contributed by atoms with Crippen LogP contribution in [0.15, 0.2) is 24.3 Å². The van der Waals surface area contributed by atoms with E-state index in [0.29, 0.717) is 13.1 Å². The van der Waals surface area contributed by atoms with Crippen LogP contribution in [0.3, 0.4) is 0 Å². The third-order valence-corrected chi connectivity index (χ3v) is 7.28. The smallest absolute Gasteiger partial charge is 0.410 e. The summed E-state index contributed by atoms with van der Waals surface area (Å²) in [6, 6.07) is 8.51. The van der Waals surface area contributed by atoms with Gasteiger partial charge in [-0.2, -0.15) is 0 Å². The number of nitrogens with zero attached hydrogens (tertiary/aromatic N) is 1. The van der Waals surface area contributed by atoms with Crippen molar-refractivity contribution in [3.63, 3.8) is 0 Å². The number of carbonyl (C=O) groups excluding carboxylic acids is 1. The van der Waals surface area contributed by atoms with E-state index in [1.807, 2.05) is 46.4 Å². The highest BCUT2D eigenvalue weighted by Gasteiger charge is 2.49. The van der Waals surface area contributed by atoms with Crippen molar-refractivity contribution < 1.29 is 13.7 Å². The molecule has 5 nitrogen and oxygen atoms in total. The molecule has 0 saturated carbocycles. The minimum atomic E-state index is -1.15. The maximum atomic E-state index is 12.9. The fourth-order valence-electron chi connectivity index (χ4n) is 4.19. The Morgan fingerprint density at radius 1 is 1.14 bits per heavy atom. The summed E-state index contributed by atoms with van der Waals surface area (Å²) in [6.45, 7) is 13.0. The van der Waals surface area contributed by atoms with E-state index in [4.69, 9.17) is 4.74 Å². The normalized spacial score (nSPS) is 22.8. The molecule has 0 radical (unpaired) electrons. The minimum Gasteiger partial charge on any atom is -0.444 e. The Balaban J connectivity index is 1.79. The van der Waals surface area contributed by atoms with Crippen LogP contribution in [-0.4, -0.2) is 38.6 Å². The number of hydrogen-bond donors (Lipinski definition) is 1. The number of ether oxygens (including phenoxy) is 1. The summed E-state index contributed by atoms with van der Waals surface area (Å²) in [5.74, 6) is 0. The maximum absolute atomic E-state index is 12.9. The monoisotopic (exact) mass is 406 g/mol. The molecule has 3 rings (SSSR count). The molecular formula is C22H34N2O3S. The van der Waals surface area contributed by atoms with E-state index in [9.17, 15) is 9.00 Å². The van der Waals surface area contributed by atoms with Crippen LogP contribution in [0, 0.1) is 5.41 Å². The highest BCUT2D eigenvalue weighted by Crippen LogP contribution is 2.52. The van der Waals surface area contributed by atoms with Gasteiger partial charge in [-0.15, -0.1) is 0 Å². The second kappa shape index (κ2) is 7.45. The number of amides is 1. The Kier molecular flexibility index (Phi) is 5.67. The van der Waals surface area contributed by atoms with E-state index in [1.165, 1.54) is 11.1 Å². The average Bonchev–Trinajstić information content (AvgIpc) is 2.86. The van der Waals surface area contributed by atoms with Crippen molar-refractivity contribution in [1.29, 1.82) is 0 Å². The van der Waals surface area contributed by atoms with Gasteiger partial charge in [0.1, 0.15) is 5.60 Å². The summed E-state index contributed by atoms with van der Waals surface area (Å²) < 4.78 is 21.6. The van der Waals surface area contributed by atoms with Crippen LogP contribution in [0.25, 0.3) is 0 Å². The molecule has 1 spiro atoms. The predicted octanol–water partition coefficient (Wildman–Crippen LogP) is 4.35. The fraction of sp³-hybridized carbons (Fsp3) is 0.682. The Labute approximate surface area is 171 Å². The summed E-state index contributed by atoms with van der Waals surface area (Å²) >= 11 is 0. The molecule has 1 amide bonds. The standard InChI is InChI=1S/C22H34N2O3S/c1-20(2,3)27-19(25)24-13-11-22(12-14-24)15-16-9-7-8-10-17(16)18(22)23-28(26)21(4,5)6/h7-10,18,23H,11-15H2,1-6H3/t18-,28-/m0/s1. The highest BCUT2D eigenvalue weighted by molar-refractivity contribution is 7.84. The first-order chi connectivity index (χ1) is 12.9. The zero-order chi connectivity index (χ0) is 20.7. The van der Waals surface area contributed by atoms with Gasteiger partial charge in [0.05, 0.1) is 21.8 Å². The largest absolute Gasteiger partial charge is 0.444 e. The van der Waals surface area contributed by atoms with Crippen LogP contribution in [-0.2, 0) is 22.1 Å². The van der Waals surface area contributed by atoms with Crippen LogP contribution < -0.4 is 4.72 Å². The van der Waals surface area contributed by atoms with Crippen LogP contribution >= 0.6 is 0 Å². The third kappa shape index (κ3) is 4.43. The Morgan fingerprint density at radius 3 is 2.32 bits per heavy atom. The molecule has 2 atom stereocenters. The molecular weight excluding hydrogens is 372 g/mol. The summed E-state index contributed by atoms with van der Waals surface area (Å²) in [6.07, 6.45) is 2.48. The van der Waals surface area contributed by atoms with Crippen LogP contribution in [0.1, 0.15) is 71.6 Å². The molecule has 2 aliphatic rings. The molecule has 1 aromatic rings. The van der Waals surface area contributed by atoms with E-state index >= 15 is 0 Å². The van der Waals surface area contributed by atoms with Crippen molar-refractivity contribution in [2.75, 3.05) is 13.1 Å². The minimum absolute atomic E-state index is 0.0108. The summed E-state index contributed by atoms with van der Waals surface area (Å²) in [7, 11) is -1.15. The van der Waals surface area contributed by atoms with Gasteiger partial charge in [-0.05, 0) is 77.3 Å². The third-order valence-electron chi connectivity index (χ3n) is 5.71. The molecule has 0 aromatic heterocycles. The number of rotatable bonds is 2. The van der Waals surface area contributed by atoms with Gasteiger partial charge in [-0.3, -0.25) is 0 Å². The first kappa shape index (κ1) is 21.3. The van der Waals surface area contributed by atoms with Crippen molar-refractivity contribution in [3.05, 3.63) is 35.4 Å². The SMILES string of the molecule is CC(C)(C)OC(=O)N1CCC2(CC1)Cc1ccccc1[C@@H]2N[S@@](=O)C(C)(C)C. The lowest BCUT2D eigenvalue weighted by molar-refractivity contribution is 0.00724. The zero-order valence-corrected chi connectivity index (χ0v) is 18.8. The van der Waals surface area contributed by atoms with Gasteiger partial charge in [0.2, 0.25) is 0 Å². The second-order valence-corrected chi connectivity index (χ2v) is 12.1. The van der Waals surface area contributed by atoms with Gasteiger partial charge < -0.3 is 9.64 Å². The number of nitrogens with one attached hydrogen (secondary N) is 1. The van der Waals surface area contributed by atoms with Crippen LogP contribution in [0.2, 0.25) is 0 Å². The lowest BCUT2D eigenvalue weighted by atomic mass is 9.73. The van der Waals surface area contributed by atoms with Gasteiger partial charge in [0, 0.05) is 13.1 Å². The number of carbonyl (C=O) groups is 1. The molecule has 156 valence electrons. The molecule has 6 heteroatoms. The van der Waals surface area contributed by atoms with Crippen molar-refractivity contribution in [2.45, 2.75) is 77.2 Å². The first-order valence-electron chi connectivity index (χ1n) is 10.2. The van der Waals surface area contributed by atoms with Crippen LogP contribution in [0.5, 0.6) is 0 Å². The topological polar surface area (TPSA) is 58.6 Å². The molecule has 1 saturated heterocycles. The van der Waals surface area contributed by atoms with Crippen molar-refractivity contribution >= 4 is 17.1 Å². The average molecular weight is 407 g/mol. The molecule has 1 aliphatic carbocycles. The van der Waals surface area contributed by atoms with Crippen molar-refractivity contribution in [2.24, 2.45) is 5.41 Å². The van der Waals surface area contributed by atoms with Crippen LogP contribution in [0.4, 0.5) is 4.79 Å². The quantitative estimate of drug-likeness (QED) is 0.794. The lowest BCUT2D eigenvalue weighted by Gasteiger charge is -2.44. The number of benzene rings is 1. The summed E-state index contributed by atoms with van der Waals surface area (Å²) in [4.78, 5) is 14.3. The molecule has 1 aromatic carbocycles. The Morgan fingerprint density at radius 2 is 1.75 bits per heavy atom. The maximum Gasteiger partial charge on any atom is 0.410 e. The molecule has 0 bridgehead atoms. The van der Waals surface area contributed by atoms with Crippen molar-refractivity contribution in [1.82, 2.24) is 9.62 Å². The van der Waals surface area contributed by atoms with Gasteiger partial charge >= 0.3 is 6.09 Å². The van der Waals surface area contributed by atoms with E-state index < -0.39 is 16.6 Å².